The monoisotopic (exact) mass is 313 g/mol. The van der Waals surface area contributed by atoms with Gasteiger partial charge in [0.05, 0.1) is 16.1 Å². The molecule has 0 saturated heterocycles. The van der Waals surface area contributed by atoms with Crippen LogP contribution in [0.5, 0.6) is 0 Å². The summed E-state index contributed by atoms with van der Waals surface area (Å²) in [4.78, 5) is 3.84. The van der Waals surface area contributed by atoms with E-state index in [-0.39, 0.29) is 16.5 Å². The van der Waals surface area contributed by atoms with Crippen molar-refractivity contribution < 1.29 is 13.9 Å². The molecule has 0 spiro atoms. The Morgan fingerprint density at radius 2 is 1.83 bits per heavy atom. The molecule has 0 radical (unpaired) electrons. The second kappa shape index (κ2) is 5.54. The van der Waals surface area contributed by atoms with Gasteiger partial charge in [0.2, 0.25) is 0 Å². The molecular formula is C13H10BrF2NO. The molecule has 1 aromatic heterocycles. The standard InChI is InChI=1S/C13H10BrF2NO/c14-9-1-2-10(15)12(13(9)16)11(18)7-8-3-5-17-6-4-8/h1-6,11,18H,7H2. The molecule has 2 aromatic rings. The number of nitrogens with zero attached hydrogens (tertiary/aromatic N) is 1. The van der Waals surface area contributed by atoms with E-state index >= 15 is 0 Å². The van der Waals surface area contributed by atoms with Gasteiger partial charge in [0.25, 0.3) is 0 Å². The van der Waals surface area contributed by atoms with Crippen LogP contribution in [0.2, 0.25) is 0 Å². The molecule has 1 N–H and O–H groups in total. The summed E-state index contributed by atoms with van der Waals surface area (Å²) in [5, 5.41) is 9.94. The van der Waals surface area contributed by atoms with E-state index in [4.69, 9.17) is 0 Å². The maximum absolute atomic E-state index is 13.8. The van der Waals surface area contributed by atoms with Crippen LogP contribution in [0, 0.1) is 11.6 Å². The van der Waals surface area contributed by atoms with Crippen molar-refractivity contribution in [3.63, 3.8) is 0 Å². The summed E-state index contributed by atoms with van der Waals surface area (Å²) in [5.74, 6) is -1.52. The second-order valence-electron chi connectivity index (χ2n) is 3.83. The van der Waals surface area contributed by atoms with Crippen molar-refractivity contribution in [3.05, 3.63) is 63.9 Å². The summed E-state index contributed by atoms with van der Waals surface area (Å²) in [5.41, 5.74) is 0.442. The minimum absolute atomic E-state index is 0.132. The number of aromatic nitrogens is 1. The molecule has 1 atom stereocenters. The van der Waals surface area contributed by atoms with Crippen LogP contribution < -0.4 is 0 Å². The number of pyridine rings is 1. The third-order valence-electron chi connectivity index (χ3n) is 2.59. The number of hydrogen-bond donors (Lipinski definition) is 1. The largest absolute Gasteiger partial charge is 0.388 e. The van der Waals surface area contributed by atoms with Gasteiger partial charge in [0.15, 0.2) is 0 Å². The number of rotatable bonds is 3. The molecule has 0 aliphatic carbocycles. The Kier molecular flexibility index (Phi) is 4.04. The fourth-order valence-electron chi connectivity index (χ4n) is 1.69. The predicted molar refractivity (Wildman–Crippen MR) is 67.0 cm³/mol. The quantitative estimate of drug-likeness (QED) is 0.881. The first-order valence-electron chi connectivity index (χ1n) is 5.30. The Morgan fingerprint density at radius 1 is 1.17 bits per heavy atom. The van der Waals surface area contributed by atoms with Gasteiger partial charge in [0, 0.05) is 18.8 Å². The highest BCUT2D eigenvalue weighted by atomic mass is 79.9. The molecule has 5 heteroatoms. The summed E-state index contributed by atoms with van der Waals surface area (Å²) in [6.07, 6.45) is 2.03. The van der Waals surface area contributed by atoms with Gasteiger partial charge in [0.1, 0.15) is 11.6 Å². The van der Waals surface area contributed by atoms with Crippen LogP contribution in [-0.4, -0.2) is 10.1 Å². The maximum atomic E-state index is 13.8. The van der Waals surface area contributed by atoms with E-state index in [1.54, 1.807) is 24.5 Å². The van der Waals surface area contributed by atoms with Crippen molar-refractivity contribution in [1.29, 1.82) is 0 Å². The van der Waals surface area contributed by atoms with Gasteiger partial charge in [-0.2, -0.15) is 0 Å². The predicted octanol–water partition coefficient (Wildman–Crippen LogP) is 3.40. The summed E-state index contributed by atoms with van der Waals surface area (Å²) in [6.45, 7) is 0. The van der Waals surface area contributed by atoms with Gasteiger partial charge >= 0.3 is 0 Å². The molecule has 2 nitrogen and oxygen atoms in total. The molecule has 94 valence electrons. The van der Waals surface area contributed by atoms with E-state index in [1.807, 2.05) is 0 Å². The molecule has 0 bridgehead atoms. The number of aliphatic hydroxyl groups excluding tert-OH is 1. The van der Waals surface area contributed by atoms with Crippen LogP contribution in [-0.2, 0) is 6.42 Å². The lowest BCUT2D eigenvalue weighted by Crippen LogP contribution is -2.08. The average molecular weight is 314 g/mol. The van der Waals surface area contributed by atoms with E-state index in [0.717, 1.165) is 11.6 Å². The lowest BCUT2D eigenvalue weighted by Gasteiger charge is -2.13. The third kappa shape index (κ3) is 2.73. The first-order valence-corrected chi connectivity index (χ1v) is 6.09. The fourth-order valence-corrected chi connectivity index (χ4v) is 2.04. The van der Waals surface area contributed by atoms with Gasteiger partial charge in [-0.3, -0.25) is 4.98 Å². The van der Waals surface area contributed by atoms with Crippen LogP contribution in [0.3, 0.4) is 0 Å². The number of benzene rings is 1. The van der Waals surface area contributed by atoms with Gasteiger partial charge in [-0.05, 0) is 45.8 Å². The Balaban J connectivity index is 2.29. The van der Waals surface area contributed by atoms with E-state index in [1.165, 1.54) is 6.07 Å². The lowest BCUT2D eigenvalue weighted by atomic mass is 10.0. The molecule has 0 saturated carbocycles. The minimum atomic E-state index is -1.23. The SMILES string of the molecule is OC(Cc1ccncc1)c1c(F)ccc(Br)c1F. The fraction of sp³-hybridized carbons (Fsp3) is 0.154. The van der Waals surface area contributed by atoms with E-state index in [2.05, 4.69) is 20.9 Å². The molecule has 18 heavy (non-hydrogen) atoms. The molecule has 0 aliphatic rings. The Bertz CT molecular complexity index is 548. The van der Waals surface area contributed by atoms with Gasteiger partial charge in [-0.25, -0.2) is 8.78 Å². The first-order chi connectivity index (χ1) is 8.59. The summed E-state index contributed by atoms with van der Waals surface area (Å²) in [6, 6.07) is 5.78. The van der Waals surface area contributed by atoms with E-state index in [9.17, 15) is 13.9 Å². The first kappa shape index (κ1) is 13.1. The van der Waals surface area contributed by atoms with Crippen molar-refractivity contribution in [2.45, 2.75) is 12.5 Å². The Morgan fingerprint density at radius 3 is 2.50 bits per heavy atom. The van der Waals surface area contributed by atoms with Crippen molar-refractivity contribution >= 4 is 15.9 Å². The molecule has 1 aromatic carbocycles. The molecule has 0 fully saturated rings. The zero-order valence-electron chi connectivity index (χ0n) is 9.28. The smallest absolute Gasteiger partial charge is 0.146 e. The van der Waals surface area contributed by atoms with Gasteiger partial charge < -0.3 is 5.11 Å². The molecule has 1 unspecified atom stereocenters. The van der Waals surface area contributed by atoms with Crippen LogP contribution in [0.4, 0.5) is 8.78 Å². The normalized spacial score (nSPS) is 12.4. The highest BCUT2D eigenvalue weighted by Crippen LogP contribution is 2.28. The molecule has 0 aliphatic heterocycles. The molecule has 1 heterocycles. The highest BCUT2D eigenvalue weighted by Gasteiger charge is 2.20. The summed E-state index contributed by atoms with van der Waals surface area (Å²) in [7, 11) is 0. The average Bonchev–Trinajstić information content (AvgIpc) is 2.36. The van der Waals surface area contributed by atoms with Gasteiger partial charge in [-0.15, -0.1) is 0 Å². The van der Waals surface area contributed by atoms with Crippen molar-refractivity contribution in [1.82, 2.24) is 4.98 Å². The summed E-state index contributed by atoms with van der Waals surface area (Å²) < 4.78 is 27.4. The highest BCUT2D eigenvalue weighted by molar-refractivity contribution is 9.10. The second-order valence-corrected chi connectivity index (χ2v) is 4.69. The van der Waals surface area contributed by atoms with Gasteiger partial charge in [-0.1, -0.05) is 0 Å². The maximum Gasteiger partial charge on any atom is 0.146 e. The van der Waals surface area contributed by atoms with E-state index in [0.29, 0.717) is 0 Å². The number of aliphatic hydroxyl groups is 1. The zero-order chi connectivity index (χ0) is 13.1. The number of hydrogen-bond acceptors (Lipinski definition) is 2. The number of halogens is 3. The molecular weight excluding hydrogens is 304 g/mol. The van der Waals surface area contributed by atoms with Crippen LogP contribution >= 0.6 is 15.9 Å². The Labute approximate surface area is 111 Å². The van der Waals surface area contributed by atoms with E-state index < -0.39 is 17.7 Å². The van der Waals surface area contributed by atoms with Crippen molar-refractivity contribution in [2.24, 2.45) is 0 Å². The summed E-state index contributed by atoms with van der Waals surface area (Å²) >= 11 is 2.97. The van der Waals surface area contributed by atoms with Crippen molar-refractivity contribution in [2.75, 3.05) is 0 Å². The van der Waals surface area contributed by atoms with Crippen LogP contribution in [0.15, 0.2) is 41.1 Å². The van der Waals surface area contributed by atoms with Crippen molar-refractivity contribution in [3.8, 4) is 0 Å². The Hall–Kier alpha value is -1.33. The minimum Gasteiger partial charge on any atom is -0.388 e. The zero-order valence-corrected chi connectivity index (χ0v) is 10.9. The molecule has 0 amide bonds. The van der Waals surface area contributed by atoms with Crippen LogP contribution in [0.25, 0.3) is 0 Å². The lowest BCUT2D eigenvalue weighted by molar-refractivity contribution is 0.168. The van der Waals surface area contributed by atoms with Crippen LogP contribution in [0.1, 0.15) is 17.2 Å². The third-order valence-corrected chi connectivity index (χ3v) is 3.20. The molecule has 2 rings (SSSR count). The topological polar surface area (TPSA) is 33.1 Å².